The van der Waals surface area contributed by atoms with Crippen LogP contribution in [0.3, 0.4) is 0 Å². The van der Waals surface area contributed by atoms with Crippen molar-refractivity contribution < 1.29 is 13.9 Å². The Balaban J connectivity index is 0.00000272. The molecule has 0 bridgehead atoms. The summed E-state index contributed by atoms with van der Waals surface area (Å²) in [4.78, 5) is 22.0. The van der Waals surface area contributed by atoms with Gasteiger partial charge in [-0.15, -0.1) is 12.4 Å². The van der Waals surface area contributed by atoms with Gasteiger partial charge in [0, 0.05) is 26.2 Å². The topological polar surface area (TPSA) is 45.7 Å². The Labute approximate surface area is 200 Å². The molecule has 2 aromatic carbocycles. The van der Waals surface area contributed by atoms with Crippen LogP contribution in [0.5, 0.6) is 0 Å². The molecule has 0 aliphatic carbocycles. The fourth-order valence-electron chi connectivity index (χ4n) is 3.36. The van der Waals surface area contributed by atoms with Gasteiger partial charge in [0.1, 0.15) is 5.82 Å². The van der Waals surface area contributed by atoms with Crippen LogP contribution in [0.15, 0.2) is 30.3 Å². The van der Waals surface area contributed by atoms with Crippen LogP contribution in [0.4, 0.5) is 9.52 Å². The van der Waals surface area contributed by atoms with E-state index in [0.717, 1.165) is 34.9 Å². The van der Waals surface area contributed by atoms with E-state index in [0.29, 0.717) is 36.5 Å². The summed E-state index contributed by atoms with van der Waals surface area (Å²) in [6, 6.07) is 7.53. The van der Waals surface area contributed by atoms with E-state index in [1.165, 1.54) is 23.5 Å². The Morgan fingerprint density at radius 1 is 1.23 bits per heavy atom. The van der Waals surface area contributed by atoms with Gasteiger partial charge in [-0.05, 0) is 36.8 Å². The standard InChI is InChI=1S/C21H20Cl2FN3O2S.ClH/c1-13-2-5-16(22)19-18(13)25-21(30-19)27(7-6-26-8-10-29-11-9-26)20(28)15-4-3-14(24)12-17(15)23;/h2-5,12H,6-11H2,1H3;1H. The van der Waals surface area contributed by atoms with Crippen LogP contribution in [-0.4, -0.2) is 55.2 Å². The van der Waals surface area contributed by atoms with Gasteiger partial charge in [-0.3, -0.25) is 14.6 Å². The van der Waals surface area contributed by atoms with Gasteiger partial charge in [-0.1, -0.05) is 40.6 Å². The van der Waals surface area contributed by atoms with E-state index in [2.05, 4.69) is 4.90 Å². The molecule has 0 spiro atoms. The maximum absolute atomic E-state index is 13.5. The number of hydrogen-bond donors (Lipinski definition) is 0. The van der Waals surface area contributed by atoms with Crippen LogP contribution in [0.25, 0.3) is 10.2 Å². The molecule has 31 heavy (non-hydrogen) atoms. The molecule has 3 aromatic rings. The number of nitrogens with zero attached hydrogens (tertiary/aromatic N) is 3. The third-order valence-corrected chi connectivity index (χ3v) is 6.92. The van der Waals surface area contributed by atoms with Crippen molar-refractivity contribution >= 4 is 68.2 Å². The molecule has 1 fully saturated rings. The monoisotopic (exact) mass is 503 g/mol. The zero-order valence-corrected chi connectivity index (χ0v) is 19.9. The first-order chi connectivity index (χ1) is 14.4. The quantitative estimate of drug-likeness (QED) is 0.463. The molecule has 1 aromatic heterocycles. The number of ether oxygens (including phenoxy) is 1. The number of fused-ring (bicyclic) bond motifs is 1. The van der Waals surface area contributed by atoms with Gasteiger partial charge in [-0.25, -0.2) is 9.37 Å². The SMILES string of the molecule is Cc1ccc(Cl)c2sc(N(CCN3CCOCC3)C(=O)c3ccc(F)cc3Cl)nc12.Cl. The summed E-state index contributed by atoms with van der Waals surface area (Å²) in [6.07, 6.45) is 0. The van der Waals surface area contributed by atoms with E-state index in [1.54, 1.807) is 4.90 Å². The van der Waals surface area contributed by atoms with Crippen LogP contribution in [0.2, 0.25) is 10.0 Å². The predicted octanol–water partition coefficient (Wildman–Crippen LogP) is 5.45. The van der Waals surface area contributed by atoms with E-state index >= 15 is 0 Å². The number of rotatable bonds is 5. The Morgan fingerprint density at radius 2 is 1.97 bits per heavy atom. The van der Waals surface area contributed by atoms with Crippen molar-refractivity contribution in [3.8, 4) is 0 Å². The van der Waals surface area contributed by atoms with Gasteiger partial charge in [-0.2, -0.15) is 0 Å². The van der Waals surface area contributed by atoms with Crippen molar-refractivity contribution in [3.05, 3.63) is 57.3 Å². The third-order valence-electron chi connectivity index (χ3n) is 5.07. The maximum Gasteiger partial charge on any atom is 0.261 e. The van der Waals surface area contributed by atoms with Gasteiger partial charge in [0.2, 0.25) is 0 Å². The van der Waals surface area contributed by atoms with Gasteiger partial charge in [0.25, 0.3) is 5.91 Å². The first-order valence-corrected chi connectivity index (χ1v) is 11.1. The van der Waals surface area contributed by atoms with Gasteiger partial charge < -0.3 is 4.74 Å². The molecule has 1 saturated heterocycles. The zero-order valence-electron chi connectivity index (χ0n) is 16.7. The molecular formula is C21H21Cl3FN3O2S. The number of hydrogen-bond acceptors (Lipinski definition) is 5. The summed E-state index contributed by atoms with van der Waals surface area (Å²) in [5.41, 5.74) is 2.00. The highest BCUT2D eigenvalue weighted by molar-refractivity contribution is 7.23. The highest BCUT2D eigenvalue weighted by Gasteiger charge is 2.25. The molecule has 0 unspecified atom stereocenters. The molecule has 1 aliphatic heterocycles. The molecule has 0 atom stereocenters. The molecular weight excluding hydrogens is 484 g/mol. The molecule has 0 N–H and O–H groups in total. The summed E-state index contributed by atoms with van der Waals surface area (Å²) < 4.78 is 19.7. The van der Waals surface area contributed by atoms with Crippen molar-refractivity contribution in [1.29, 1.82) is 0 Å². The van der Waals surface area contributed by atoms with Crippen molar-refractivity contribution in [3.63, 3.8) is 0 Å². The number of aromatic nitrogens is 1. The molecule has 1 aliphatic rings. The molecule has 1 amide bonds. The van der Waals surface area contributed by atoms with Gasteiger partial charge in [0.15, 0.2) is 5.13 Å². The van der Waals surface area contributed by atoms with Gasteiger partial charge >= 0.3 is 0 Å². The first-order valence-electron chi connectivity index (χ1n) is 9.56. The third kappa shape index (κ3) is 5.30. The fraction of sp³-hybridized carbons (Fsp3) is 0.333. The van der Waals surface area contributed by atoms with Crippen LogP contribution < -0.4 is 4.90 Å². The Kier molecular flexibility index (Phi) is 8.13. The minimum atomic E-state index is -0.487. The highest BCUT2D eigenvalue weighted by Crippen LogP contribution is 2.36. The normalized spacial score (nSPS) is 14.5. The minimum Gasteiger partial charge on any atom is -0.379 e. The molecule has 2 heterocycles. The number of morpholine rings is 1. The summed E-state index contributed by atoms with van der Waals surface area (Å²) in [5, 5.41) is 1.21. The molecule has 5 nitrogen and oxygen atoms in total. The summed E-state index contributed by atoms with van der Waals surface area (Å²) >= 11 is 13.9. The number of anilines is 1. The molecule has 4 rings (SSSR count). The molecule has 0 saturated carbocycles. The molecule has 10 heteroatoms. The Bertz CT molecular complexity index is 1050. The predicted molar refractivity (Wildman–Crippen MR) is 127 cm³/mol. The van der Waals surface area contributed by atoms with Crippen LogP contribution in [-0.2, 0) is 4.74 Å². The minimum absolute atomic E-state index is 0. The number of carbonyl (C=O) groups excluding carboxylic acids is 1. The largest absolute Gasteiger partial charge is 0.379 e. The van der Waals surface area contributed by atoms with E-state index in [1.807, 2.05) is 19.1 Å². The number of halogens is 4. The van der Waals surface area contributed by atoms with E-state index < -0.39 is 5.82 Å². The lowest BCUT2D eigenvalue weighted by molar-refractivity contribution is 0.0391. The Morgan fingerprint density at radius 3 is 2.65 bits per heavy atom. The van der Waals surface area contributed by atoms with E-state index in [-0.39, 0.29) is 28.9 Å². The summed E-state index contributed by atoms with van der Waals surface area (Å²) in [5.74, 6) is -0.806. The second-order valence-corrected chi connectivity index (χ2v) is 8.87. The van der Waals surface area contributed by atoms with Crippen molar-refractivity contribution in [2.24, 2.45) is 0 Å². The average molecular weight is 505 g/mol. The first kappa shape index (κ1) is 24.2. The second kappa shape index (κ2) is 10.4. The van der Waals surface area contributed by atoms with Crippen molar-refractivity contribution in [1.82, 2.24) is 9.88 Å². The number of thiazole rings is 1. The van der Waals surface area contributed by atoms with Crippen LogP contribution in [0, 0.1) is 12.7 Å². The number of carbonyl (C=O) groups is 1. The van der Waals surface area contributed by atoms with Crippen molar-refractivity contribution in [2.45, 2.75) is 6.92 Å². The Hall–Kier alpha value is -1.48. The maximum atomic E-state index is 13.5. The van der Waals surface area contributed by atoms with E-state index in [4.69, 9.17) is 32.9 Å². The fourth-order valence-corrected chi connectivity index (χ4v) is 4.95. The second-order valence-electron chi connectivity index (χ2n) is 7.07. The van der Waals surface area contributed by atoms with Crippen molar-refractivity contribution in [2.75, 3.05) is 44.3 Å². The smallest absolute Gasteiger partial charge is 0.261 e. The lowest BCUT2D eigenvalue weighted by Crippen LogP contribution is -2.43. The van der Waals surface area contributed by atoms with Crippen LogP contribution >= 0.6 is 46.9 Å². The van der Waals surface area contributed by atoms with E-state index in [9.17, 15) is 9.18 Å². The summed E-state index contributed by atoms with van der Waals surface area (Å²) in [7, 11) is 0. The molecule has 0 radical (unpaired) electrons. The average Bonchev–Trinajstić information content (AvgIpc) is 3.18. The number of amides is 1. The zero-order chi connectivity index (χ0) is 21.3. The lowest BCUT2D eigenvalue weighted by atomic mass is 10.2. The summed E-state index contributed by atoms with van der Waals surface area (Å²) in [6.45, 7) is 6.01. The van der Waals surface area contributed by atoms with Gasteiger partial charge in [0.05, 0.1) is 39.0 Å². The molecule has 166 valence electrons. The highest BCUT2D eigenvalue weighted by atomic mass is 35.5. The number of aryl methyl sites for hydroxylation is 1. The number of benzene rings is 2. The van der Waals surface area contributed by atoms with Crippen LogP contribution in [0.1, 0.15) is 15.9 Å². The lowest BCUT2D eigenvalue weighted by Gasteiger charge is -2.29.